The van der Waals surface area contributed by atoms with Crippen molar-refractivity contribution in [2.75, 3.05) is 31.6 Å². The maximum atomic E-state index is 12.1. The van der Waals surface area contributed by atoms with E-state index in [1.54, 1.807) is 11.0 Å². The van der Waals surface area contributed by atoms with E-state index in [0.29, 0.717) is 32.0 Å². The number of hydrogen-bond donors (Lipinski definition) is 1. The monoisotopic (exact) mass is 297 g/mol. The Bertz CT molecular complexity index is 431. The SMILES string of the molecule is CCOCCCN(CC(=O)Nc1ccon1)C(=O)C(C)C. The van der Waals surface area contributed by atoms with Gasteiger partial charge >= 0.3 is 0 Å². The number of aromatic nitrogens is 1. The van der Waals surface area contributed by atoms with Gasteiger partial charge in [0.1, 0.15) is 6.26 Å². The molecule has 0 unspecified atom stereocenters. The van der Waals surface area contributed by atoms with Crippen LogP contribution in [0.4, 0.5) is 5.82 Å². The predicted molar refractivity (Wildman–Crippen MR) is 77.7 cm³/mol. The van der Waals surface area contributed by atoms with Crippen LogP contribution in [-0.4, -0.2) is 48.2 Å². The summed E-state index contributed by atoms with van der Waals surface area (Å²) >= 11 is 0. The molecule has 0 saturated carbocycles. The third kappa shape index (κ3) is 6.40. The minimum atomic E-state index is -0.297. The molecule has 7 nitrogen and oxygen atoms in total. The van der Waals surface area contributed by atoms with Crippen LogP contribution in [0.1, 0.15) is 27.2 Å². The zero-order chi connectivity index (χ0) is 15.7. The van der Waals surface area contributed by atoms with Crippen LogP contribution in [0.5, 0.6) is 0 Å². The van der Waals surface area contributed by atoms with Crippen LogP contribution in [0, 0.1) is 5.92 Å². The Kier molecular flexibility index (Phi) is 7.45. The number of anilines is 1. The van der Waals surface area contributed by atoms with Crippen molar-refractivity contribution in [3.05, 3.63) is 12.3 Å². The van der Waals surface area contributed by atoms with E-state index in [9.17, 15) is 9.59 Å². The maximum absolute atomic E-state index is 12.1. The molecule has 21 heavy (non-hydrogen) atoms. The van der Waals surface area contributed by atoms with E-state index in [1.165, 1.54) is 6.26 Å². The fourth-order valence-electron chi connectivity index (χ4n) is 1.77. The first-order valence-electron chi connectivity index (χ1n) is 7.11. The lowest BCUT2D eigenvalue weighted by atomic mass is 10.2. The molecule has 0 spiro atoms. The average molecular weight is 297 g/mol. The van der Waals surface area contributed by atoms with Gasteiger partial charge in [0.2, 0.25) is 11.8 Å². The van der Waals surface area contributed by atoms with Crippen molar-refractivity contribution < 1.29 is 18.8 Å². The summed E-state index contributed by atoms with van der Waals surface area (Å²) in [5.74, 6) is -0.167. The van der Waals surface area contributed by atoms with Crippen LogP contribution in [0.25, 0.3) is 0 Å². The number of carbonyl (C=O) groups excluding carboxylic acids is 2. The van der Waals surface area contributed by atoms with E-state index in [4.69, 9.17) is 4.74 Å². The zero-order valence-corrected chi connectivity index (χ0v) is 12.8. The topological polar surface area (TPSA) is 84.7 Å². The Balaban J connectivity index is 2.50. The van der Waals surface area contributed by atoms with Crippen molar-refractivity contribution in [1.29, 1.82) is 0 Å². The molecule has 118 valence electrons. The molecule has 0 radical (unpaired) electrons. The molecule has 1 aromatic rings. The molecule has 0 aliphatic carbocycles. The summed E-state index contributed by atoms with van der Waals surface area (Å²) in [4.78, 5) is 25.6. The second-order valence-electron chi connectivity index (χ2n) is 4.90. The van der Waals surface area contributed by atoms with Gasteiger partial charge in [0, 0.05) is 31.7 Å². The largest absolute Gasteiger partial charge is 0.382 e. The lowest BCUT2D eigenvalue weighted by Crippen LogP contribution is -2.41. The second-order valence-corrected chi connectivity index (χ2v) is 4.90. The molecule has 0 saturated heterocycles. The van der Waals surface area contributed by atoms with E-state index in [0.717, 1.165) is 0 Å². The molecule has 2 amide bonds. The van der Waals surface area contributed by atoms with E-state index in [2.05, 4.69) is 15.0 Å². The number of nitrogens with zero attached hydrogens (tertiary/aromatic N) is 2. The highest BCUT2D eigenvalue weighted by molar-refractivity contribution is 5.93. The van der Waals surface area contributed by atoms with Gasteiger partial charge < -0.3 is 19.5 Å². The Morgan fingerprint density at radius 3 is 2.81 bits per heavy atom. The quantitative estimate of drug-likeness (QED) is 0.699. The molecule has 1 aromatic heterocycles. The van der Waals surface area contributed by atoms with Crippen LogP contribution in [-0.2, 0) is 14.3 Å². The van der Waals surface area contributed by atoms with Gasteiger partial charge in [-0.25, -0.2) is 0 Å². The molecule has 0 fully saturated rings. The Morgan fingerprint density at radius 1 is 1.48 bits per heavy atom. The summed E-state index contributed by atoms with van der Waals surface area (Å²) < 4.78 is 9.89. The summed E-state index contributed by atoms with van der Waals surface area (Å²) in [6.07, 6.45) is 2.07. The van der Waals surface area contributed by atoms with Crippen molar-refractivity contribution >= 4 is 17.6 Å². The summed E-state index contributed by atoms with van der Waals surface area (Å²) in [5, 5.41) is 6.18. The molecule has 1 N–H and O–H groups in total. The molecule has 0 atom stereocenters. The summed E-state index contributed by atoms with van der Waals surface area (Å²) in [7, 11) is 0. The fourth-order valence-corrected chi connectivity index (χ4v) is 1.77. The number of hydrogen-bond acceptors (Lipinski definition) is 5. The van der Waals surface area contributed by atoms with E-state index in [-0.39, 0.29) is 24.3 Å². The Labute approximate surface area is 124 Å². The van der Waals surface area contributed by atoms with Gasteiger partial charge in [-0.2, -0.15) is 0 Å². The minimum absolute atomic E-state index is 0.00397. The molecular weight excluding hydrogens is 274 g/mol. The van der Waals surface area contributed by atoms with Gasteiger partial charge in [0.15, 0.2) is 5.82 Å². The minimum Gasteiger partial charge on any atom is -0.382 e. The predicted octanol–water partition coefficient (Wildman–Crippen LogP) is 1.52. The average Bonchev–Trinajstić information content (AvgIpc) is 2.94. The number of ether oxygens (including phenoxy) is 1. The van der Waals surface area contributed by atoms with Crippen molar-refractivity contribution in [3.63, 3.8) is 0 Å². The lowest BCUT2D eigenvalue weighted by molar-refractivity contribution is -0.137. The molecular formula is C14H23N3O4. The van der Waals surface area contributed by atoms with Crippen LogP contribution >= 0.6 is 0 Å². The van der Waals surface area contributed by atoms with Gasteiger partial charge in [0.05, 0.1) is 6.54 Å². The first-order chi connectivity index (χ1) is 10.0. The fraction of sp³-hybridized carbons (Fsp3) is 0.643. The molecule has 0 bridgehead atoms. The zero-order valence-electron chi connectivity index (χ0n) is 12.8. The van der Waals surface area contributed by atoms with Gasteiger partial charge in [-0.3, -0.25) is 9.59 Å². The van der Waals surface area contributed by atoms with E-state index in [1.807, 2.05) is 20.8 Å². The molecule has 0 aliphatic rings. The van der Waals surface area contributed by atoms with Gasteiger partial charge in [-0.1, -0.05) is 19.0 Å². The molecule has 0 aliphatic heterocycles. The first-order valence-corrected chi connectivity index (χ1v) is 7.11. The smallest absolute Gasteiger partial charge is 0.245 e. The third-order valence-electron chi connectivity index (χ3n) is 2.77. The van der Waals surface area contributed by atoms with Crippen molar-refractivity contribution in [2.24, 2.45) is 5.92 Å². The van der Waals surface area contributed by atoms with Crippen molar-refractivity contribution in [3.8, 4) is 0 Å². The maximum Gasteiger partial charge on any atom is 0.245 e. The standard InChI is InChI=1S/C14H23N3O4/c1-4-20-8-5-7-17(14(19)11(2)3)10-13(18)15-12-6-9-21-16-12/h6,9,11H,4-5,7-8,10H2,1-3H3,(H,15,16,18). The van der Waals surface area contributed by atoms with Crippen LogP contribution < -0.4 is 5.32 Å². The Morgan fingerprint density at radius 2 is 2.24 bits per heavy atom. The number of amides is 2. The number of carbonyl (C=O) groups is 2. The van der Waals surface area contributed by atoms with Gasteiger partial charge in [-0.15, -0.1) is 0 Å². The number of nitrogens with one attached hydrogen (secondary N) is 1. The van der Waals surface area contributed by atoms with Crippen molar-refractivity contribution in [2.45, 2.75) is 27.2 Å². The molecule has 1 heterocycles. The highest BCUT2D eigenvalue weighted by Gasteiger charge is 2.20. The van der Waals surface area contributed by atoms with Gasteiger partial charge in [0.25, 0.3) is 0 Å². The third-order valence-corrected chi connectivity index (χ3v) is 2.77. The van der Waals surface area contributed by atoms with E-state index < -0.39 is 0 Å². The van der Waals surface area contributed by atoms with Crippen LogP contribution in [0.3, 0.4) is 0 Å². The number of rotatable bonds is 9. The summed E-state index contributed by atoms with van der Waals surface area (Å²) in [5.41, 5.74) is 0. The molecule has 7 heteroatoms. The summed E-state index contributed by atoms with van der Waals surface area (Å²) in [6.45, 7) is 7.25. The second kappa shape index (κ2) is 9.12. The van der Waals surface area contributed by atoms with E-state index >= 15 is 0 Å². The van der Waals surface area contributed by atoms with Gasteiger partial charge in [-0.05, 0) is 13.3 Å². The Hall–Kier alpha value is -1.89. The van der Waals surface area contributed by atoms with Crippen molar-refractivity contribution in [1.82, 2.24) is 10.1 Å². The first kappa shape index (κ1) is 17.2. The molecule has 0 aromatic carbocycles. The normalized spacial score (nSPS) is 10.7. The summed E-state index contributed by atoms with van der Waals surface area (Å²) in [6, 6.07) is 1.54. The highest BCUT2D eigenvalue weighted by atomic mass is 16.5. The highest BCUT2D eigenvalue weighted by Crippen LogP contribution is 2.05. The lowest BCUT2D eigenvalue weighted by Gasteiger charge is -2.23. The molecule has 1 rings (SSSR count). The van der Waals surface area contributed by atoms with Crippen LogP contribution in [0.15, 0.2) is 16.9 Å². The van der Waals surface area contributed by atoms with Crippen LogP contribution in [0.2, 0.25) is 0 Å².